The first kappa shape index (κ1) is 12.9. The van der Waals surface area contributed by atoms with E-state index in [-0.39, 0.29) is 17.6 Å². The van der Waals surface area contributed by atoms with Crippen LogP contribution < -0.4 is 4.90 Å². The monoisotopic (exact) mass is 279 g/mol. The van der Waals surface area contributed by atoms with E-state index in [4.69, 9.17) is 0 Å². The molecular weight excluding hydrogens is 258 g/mol. The predicted molar refractivity (Wildman–Crippen MR) is 88.8 cm³/mol. The number of rotatable bonds is 1. The molecule has 0 spiro atoms. The second-order valence-corrected chi connectivity index (χ2v) is 6.98. The molecule has 0 bridgehead atoms. The van der Waals surface area contributed by atoms with Crippen LogP contribution in [0, 0.1) is 0 Å². The maximum atomic E-state index is 10.2. The molecule has 0 aliphatic carbocycles. The van der Waals surface area contributed by atoms with Crippen LogP contribution in [-0.2, 0) is 5.41 Å². The van der Waals surface area contributed by atoms with Crippen molar-refractivity contribution >= 4 is 22.5 Å². The lowest BCUT2D eigenvalue weighted by atomic mass is 9.63. The zero-order chi connectivity index (χ0) is 14.8. The molecule has 21 heavy (non-hydrogen) atoms. The van der Waals surface area contributed by atoms with Crippen molar-refractivity contribution in [1.82, 2.24) is 0 Å². The molecule has 2 aromatic carbocycles. The van der Waals surface area contributed by atoms with Crippen molar-refractivity contribution in [2.75, 3.05) is 18.1 Å². The van der Waals surface area contributed by atoms with Crippen LogP contribution in [0.1, 0.15) is 31.9 Å². The Morgan fingerprint density at radius 3 is 2.71 bits per heavy atom. The normalized spacial score (nSPS) is 25.4. The van der Waals surface area contributed by atoms with E-state index >= 15 is 0 Å². The van der Waals surface area contributed by atoms with Gasteiger partial charge in [0.15, 0.2) is 0 Å². The number of aliphatic hydroxyl groups is 1. The third kappa shape index (κ3) is 1.36. The molecule has 1 atom stereocenters. The molecule has 0 fully saturated rings. The summed E-state index contributed by atoms with van der Waals surface area (Å²) in [4.78, 5) is 2.40. The highest BCUT2D eigenvalue weighted by molar-refractivity contribution is 6.04. The van der Waals surface area contributed by atoms with Crippen molar-refractivity contribution in [3.63, 3.8) is 0 Å². The molecule has 2 heteroatoms. The molecule has 4 rings (SSSR count). The van der Waals surface area contributed by atoms with E-state index in [0.29, 0.717) is 0 Å². The second-order valence-electron chi connectivity index (χ2n) is 6.98. The lowest BCUT2D eigenvalue weighted by Gasteiger charge is -2.56. The van der Waals surface area contributed by atoms with Gasteiger partial charge in [-0.3, -0.25) is 0 Å². The summed E-state index contributed by atoms with van der Waals surface area (Å²) < 4.78 is 0. The Labute approximate surface area is 125 Å². The quantitative estimate of drug-likeness (QED) is 0.860. The lowest BCUT2D eigenvalue weighted by Crippen LogP contribution is -2.63. The molecule has 0 saturated carbocycles. The Morgan fingerprint density at radius 1 is 1.14 bits per heavy atom. The van der Waals surface area contributed by atoms with Crippen LogP contribution in [-0.4, -0.2) is 23.8 Å². The van der Waals surface area contributed by atoms with E-state index in [1.165, 1.54) is 27.6 Å². The fourth-order valence-electron chi connectivity index (χ4n) is 4.06. The van der Waals surface area contributed by atoms with Crippen LogP contribution in [0.5, 0.6) is 0 Å². The Kier molecular flexibility index (Phi) is 2.39. The standard InChI is InChI=1S/C19H21NO/c1-18(2)15-8-4-6-13-9-10-14-7-5-11-20(17(14)16(13)15)19(18,3)12-21/h4-10,21H,11-12H2,1-3H3/t19-/m1/s1. The average molecular weight is 279 g/mol. The molecule has 0 unspecified atom stereocenters. The number of hydrogen-bond acceptors (Lipinski definition) is 2. The summed E-state index contributed by atoms with van der Waals surface area (Å²) in [6.07, 6.45) is 4.41. The number of benzene rings is 2. The van der Waals surface area contributed by atoms with Gasteiger partial charge >= 0.3 is 0 Å². The maximum Gasteiger partial charge on any atom is 0.0699 e. The van der Waals surface area contributed by atoms with Gasteiger partial charge in [0.05, 0.1) is 17.8 Å². The first-order valence-electron chi connectivity index (χ1n) is 7.62. The maximum absolute atomic E-state index is 10.2. The van der Waals surface area contributed by atoms with Gasteiger partial charge < -0.3 is 10.0 Å². The summed E-state index contributed by atoms with van der Waals surface area (Å²) >= 11 is 0. The highest BCUT2D eigenvalue weighted by atomic mass is 16.3. The van der Waals surface area contributed by atoms with Crippen LogP contribution in [0.15, 0.2) is 36.4 Å². The zero-order valence-corrected chi connectivity index (χ0v) is 12.9. The van der Waals surface area contributed by atoms with Crippen LogP contribution in [0.25, 0.3) is 16.8 Å². The third-order valence-electron chi connectivity index (χ3n) is 5.83. The highest BCUT2D eigenvalue weighted by Crippen LogP contribution is 2.52. The Hall–Kier alpha value is -1.80. The van der Waals surface area contributed by atoms with Gasteiger partial charge in [-0.2, -0.15) is 0 Å². The molecule has 108 valence electrons. The first-order valence-corrected chi connectivity index (χ1v) is 7.62. The van der Waals surface area contributed by atoms with Gasteiger partial charge in [-0.05, 0) is 23.4 Å². The minimum Gasteiger partial charge on any atom is -0.394 e. The number of anilines is 1. The molecule has 2 aromatic rings. The first-order chi connectivity index (χ1) is 10.0. The van der Waals surface area contributed by atoms with E-state index in [2.05, 4.69) is 68.2 Å². The third-order valence-corrected chi connectivity index (χ3v) is 5.83. The van der Waals surface area contributed by atoms with Crippen LogP contribution in [0.2, 0.25) is 0 Å². The van der Waals surface area contributed by atoms with Gasteiger partial charge in [0.2, 0.25) is 0 Å². The van der Waals surface area contributed by atoms with Crippen molar-refractivity contribution in [2.45, 2.75) is 31.7 Å². The van der Waals surface area contributed by atoms with Crippen molar-refractivity contribution in [2.24, 2.45) is 0 Å². The fourth-order valence-corrected chi connectivity index (χ4v) is 4.06. The van der Waals surface area contributed by atoms with Gasteiger partial charge in [-0.1, -0.05) is 56.3 Å². The van der Waals surface area contributed by atoms with Crippen molar-refractivity contribution < 1.29 is 5.11 Å². The summed E-state index contributed by atoms with van der Waals surface area (Å²) in [7, 11) is 0. The molecule has 2 nitrogen and oxygen atoms in total. The Morgan fingerprint density at radius 2 is 1.95 bits per heavy atom. The highest BCUT2D eigenvalue weighted by Gasteiger charge is 2.51. The average Bonchev–Trinajstić information content (AvgIpc) is 2.51. The summed E-state index contributed by atoms with van der Waals surface area (Å²) in [6, 6.07) is 11.0. The van der Waals surface area contributed by atoms with Gasteiger partial charge in [0.25, 0.3) is 0 Å². The van der Waals surface area contributed by atoms with Gasteiger partial charge in [0.1, 0.15) is 0 Å². The predicted octanol–water partition coefficient (Wildman–Crippen LogP) is 3.72. The zero-order valence-electron chi connectivity index (χ0n) is 12.9. The number of hydrogen-bond donors (Lipinski definition) is 1. The second kappa shape index (κ2) is 3.89. The molecule has 0 radical (unpaired) electrons. The van der Waals surface area contributed by atoms with Gasteiger partial charge in [-0.15, -0.1) is 0 Å². The van der Waals surface area contributed by atoms with E-state index < -0.39 is 0 Å². The Balaban J connectivity index is 2.21. The molecule has 0 aromatic heterocycles. The smallest absolute Gasteiger partial charge is 0.0699 e. The van der Waals surface area contributed by atoms with E-state index in [1.807, 2.05) is 0 Å². The molecule has 2 heterocycles. The van der Waals surface area contributed by atoms with E-state index in [0.717, 1.165) is 6.54 Å². The van der Waals surface area contributed by atoms with Gasteiger partial charge in [-0.25, -0.2) is 0 Å². The Bertz CT molecular complexity index is 774. The van der Waals surface area contributed by atoms with E-state index in [1.54, 1.807) is 0 Å². The summed E-state index contributed by atoms with van der Waals surface area (Å²) in [5, 5.41) is 12.9. The molecule has 2 aliphatic heterocycles. The van der Waals surface area contributed by atoms with Crippen molar-refractivity contribution in [1.29, 1.82) is 0 Å². The number of aliphatic hydroxyl groups excluding tert-OH is 1. The lowest BCUT2D eigenvalue weighted by molar-refractivity contribution is 0.136. The van der Waals surface area contributed by atoms with E-state index in [9.17, 15) is 5.11 Å². The fraction of sp³-hybridized carbons (Fsp3) is 0.368. The van der Waals surface area contributed by atoms with Crippen LogP contribution >= 0.6 is 0 Å². The van der Waals surface area contributed by atoms with Crippen LogP contribution in [0.4, 0.5) is 5.69 Å². The largest absolute Gasteiger partial charge is 0.394 e. The molecule has 2 aliphatic rings. The summed E-state index contributed by atoms with van der Waals surface area (Å²) in [6.45, 7) is 7.71. The minimum absolute atomic E-state index is 0.113. The van der Waals surface area contributed by atoms with Crippen molar-refractivity contribution in [3.05, 3.63) is 47.5 Å². The molecule has 1 N–H and O–H groups in total. The SMILES string of the molecule is CC1(C)c2cccc3ccc4c(c23)N(CC=C4)[C@]1(C)CO. The van der Waals surface area contributed by atoms with Crippen LogP contribution in [0.3, 0.4) is 0 Å². The molecular formula is C19H21NO. The molecule has 0 saturated heterocycles. The minimum atomic E-state index is -0.296. The van der Waals surface area contributed by atoms with Gasteiger partial charge in [0, 0.05) is 17.3 Å². The number of nitrogens with zero attached hydrogens (tertiary/aromatic N) is 1. The summed E-state index contributed by atoms with van der Waals surface area (Å²) in [5.74, 6) is 0. The topological polar surface area (TPSA) is 23.5 Å². The molecule has 0 amide bonds. The van der Waals surface area contributed by atoms with Crippen molar-refractivity contribution in [3.8, 4) is 0 Å². The summed E-state index contributed by atoms with van der Waals surface area (Å²) in [5.41, 5.74) is 3.49.